The number of allylic oxidation sites excluding steroid dienone is 2. The molecule has 0 atom stereocenters. The van der Waals surface area contributed by atoms with Crippen molar-refractivity contribution < 1.29 is 30.0 Å². The van der Waals surface area contributed by atoms with Crippen molar-refractivity contribution >= 4 is 48.1 Å². The van der Waals surface area contributed by atoms with E-state index in [0.29, 0.717) is 0 Å². The van der Waals surface area contributed by atoms with E-state index < -0.39 is 0 Å². The first-order chi connectivity index (χ1) is 25.6. The number of nitrogens with zero attached hydrogens (tertiary/aromatic N) is 2. The molecule has 4 aromatic carbocycles. The number of hydrogen-bond acceptors (Lipinski definition) is 5. The predicted octanol–water partition coefficient (Wildman–Crippen LogP) is 14.2. The molecule has 0 saturated carbocycles. The summed E-state index contributed by atoms with van der Waals surface area (Å²) < 4.78 is 2.65. The summed E-state index contributed by atoms with van der Waals surface area (Å²) in [6.45, 7) is 23.9. The van der Waals surface area contributed by atoms with Crippen LogP contribution in [0, 0.1) is 30.2 Å². The molecule has 1 N–H and O–H groups in total. The van der Waals surface area contributed by atoms with Gasteiger partial charge in [0.05, 0.1) is 11.5 Å². The Morgan fingerprint density at radius 3 is 2.05 bits per heavy atom. The Balaban J connectivity index is 0.000000360. The molecule has 0 aliphatic carbocycles. The molecule has 0 unspecified atom stereocenters. The number of rotatable bonds is 10. The summed E-state index contributed by atoms with van der Waals surface area (Å²) in [6, 6.07) is 28.1. The molecule has 293 valence electrons. The third-order valence-corrected chi connectivity index (χ3v) is 11.6. The van der Waals surface area contributed by atoms with Crippen LogP contribution in [0.5, 0.6) is 0 Å². The standard InChI is InChI=1S/C36H35N2S.C13H24O2.Ir/c1-22-14-29-27-13-12-23(20-35(2,3)4)15-33(27)39-34(29)18-28(22)32-19-31(37-21-38-32)25-16-24-10-8-9-11-26(24)30(17-25)36(5,6)7;1-5-10(6-2)12(14)9-13(15)11(7-3)8-4;/h8-15,17-19,21H,20H2,1-7H3;9-11,14H,5-8H2,1-4H3;/q-1;;/b;12-9-;. The normalized spacial score (nSPS) is 12.3. The molecular formula is C49H59IrN2O2S-. The van der Waals surface area contributed by atoms with Gasteiger partial charge in [0.2, 0.25) is 0 Å². The van der Waals surface area contributed by atoms with Gasteiger partial charge in [-0.2, -0.15) is 0 Å². The Bertz CT molecular complexity index is 2280. The van der Waals surface area contributed by atoms with E-state index in [1.807, 2.05) is 39.0 Å². The van der Waals surface area contributed by atoms with Gasteiger partial charge in [-0.15, -0.1) is 40.5 Å². The average molecular weight is 932 g/mol. The van der Waals surface area contributed by atoms with Gasteiger partial charge in [-0.25, -0.2) is 4.98 Å². The molecule has 0 aliphatic heterocycles. The Labute approximate surface area is 347 Å². The van der Waals surface area contributed by atoms with Crippen LogP contribution in [0.15, 0.2) is 84.9 Å². The molecule has 0 bridgehead atoms. The van der Waals surface area contributed by atoms with Crippen molar-refractivity contribution in [1.82, 2.24) is 9.97 Å². The minimum atomic E-state index is 0. The monoisotopic (exact) mass is 932 g/mol. The van der Waals surface area contributed by atoms with E-state index in [9.17, 15) is 9.90 Å². The molecule has 0 spiro atoms. The number of thiophene rings is 1. The van der Waals surface area contributed by atoms with E-state index in [1.54, 1.807) is 6.33 Å². The second-order valence-electron chi connectivity index (χ2n) is 17.0. The fourth-order valence-electron chi connectivity index (χ4n) is 7.39. The fourth-order valence-corrected chi connectivity index (χ4v) is 8.58. The van der Waals surface area contributed by atoms with Gasteiger partial charge in [-0.1, -0.05) is 111 Å². The van der Waals surface area contributed by atoms with Crippen LogP contribution in [-0.4, -0.2) is 20.9 Å². The number of hydrogen-bond donors (Lipinski definition) is 1. The number of aromatic nitrogens is 2. The first-order valence-electron chi connectivity index (χ1n) is 19.7. The molecule has 2 heterocycles. The summed E-state index contributed by atoms with van der Waals surface area (Å²) >= 11 is 1.88. The van der Waals surface area contributed by atoms with Crippen LogP contribution < -0.4 is 0 Å². The summed E-state index contributed by atoms with van der Waals surface area (Å²) in [7, 11) is 0. The number of aryl methyl sites for hydroxylation is 1. The molecule has 1 radical (unpaired) electrons. The maximum Gasteiger partial charge on any atom is 0.162 e. The number of carbonyl (C=O) groups is 1. The number of aliphatic hydroxyl groups is 1. The van der Waals surface area contributed by atoms with Crippen LogP contribution in [0.2, 0.25) is 0 Å². The maximum atomic E-state index is 11.7. The molecule has 0 fully saturated rings. The van der Waals surface area contributed by atoms with Crippen LogP contribution in [0.3, 0.4) is 0 Å². The number of ketones is 1. The predicted molar refractivity (Wildman–Crippen MR) is 233 cm³/mol. The molecule has 6 aromatic rings. The van der Waals surface area contributed by atoms with Crippen LogP contribution >= 0.6 is 11.3 Å². The molecule has 6 heteroatoms. The van der Waals surface area contributed by atoms with E-state index in [-0.39, 0.29) is 54.3 Å². The van der Waals surface area contributed by atoms with Gasteiger partial charge in [0.25, 0.3) is 0 Å². The van der Waals surface area contributed by atoms with Crippen molar-refractivity contribution in [3.8, 4) is 22.5 Å². The van der Waals surface area contributed by atoms with Gasteiger partial charge in [0, 0.05) is 69.4 Å². The van der Waals surface area contributed by atoms with E-state index in [2.05, 4.69) is 121 Å². The zero-order valence-electron chi connectivity index (χ0n) is 34.7. The molecule has 6 rings (SSSR count). The van der Waals surface area contributed by atoms with Crippen molar-refractivity contribution in [2.75, 3.05) is 0 Å². The van der Waals surface area contributed by atoms with Crippen molar-refractivity contribution in [1.29, 1.82) is 0 Å². The quantitative estimate of drug-likeness (QED) is 0.0844. The number of benzene rings is 4. The summed E-state index contributed by atoms with van der Waals surface area (Å²) in [5.74, 6) is 0.547. The first kappa shape index (κ1) is 44.0. The third-order valence-electron chi connectivity index (χ3n) is 10.5. The van der Waals surface area contributed by atoms with Crippen LogP contribution in [-0.2, 0) is 36.7 Å². The minimum Gasteiger partial charge on any atom is -0.512 e. The molecule has 4 nitrogen and oxygen atoms in total. The summed E-state index contributed by atoms with van der Waals surface area (Å²) in [5.41, 5.74) is 8.23. The average Bonchev–Trinajstić information content (AvgIpc) is 3.47. The van der Waals surface area contributed by atoms with E-state index in [4.69, 9.17) is 9.97 Å². The van der Waals surface area contributed by atoms with Crippen LogP contribution in [0.4, 0.5) is 0 Å². The zero-order valence-corrected chi connectivity index (χ0v) is 37.9. The van der Waals surface area contributed by atoms with Gasteiger partial charge in [0.15, 0.2) is 5.78 Å². The Morgan fingerprint density at radius 2 is 1.42 bits per heavy atom. The van der Waals surface area contributed by atoms with E-state index in [1.165, 1.54) is 48.3 Å². The Hall–Kier alpha value is -3.70. The number of carbonyl (C=O) groups excluding carboxylic acids is 1. The van der Waals surface area contributed by atoms with Crippen LogP contribution in [0.1, 0.15) is 112 Å². The fraction of sp³-hybridized carbons (Fsp3) is 0.408. The summed E-state index contributed by atoms with van der Waals surface area (Å²) in [6.07, 6.45) is 7.68. The number of aliphatic hydroxyl groups excluding tert-OH is 1. The molecule has 0 aliphatic rings. The summed E-state index contributed by atoms with van der Waals surface area (Å²) in [4.78, 5) is 21.1. The van der Waals surface area contributed by atoms with Crippen molar-refractivity contribution in [3.63, 3.8) is 0 Å². The van der Waals surface area contributed by atoms with Gasteiger partial charge in [-0.05, 0) is 85.3 Å². The smallest absolute Gasteiger partial charge is 0.162 e. The van der Waals surface area contributed by atoms with Crippen molar-refractivity contribution in [2.45, 2.75) is 114 Å². The van der Waals surface area contributed by atoms with E-state index >= 15 is 0 Å². The molecule has 0 amide bonds. The van der Waals surface area contributed by atoms with Gasteiger partial charge in [-0.3, -0.25) is 9.78 Å². The Morgan fingerprint density at radius 1 is 0.782 bits per heavy atom. The molecular weight excluding hydrogens is 873 g/mol. The van der Waals surface area contributed by atoms with Crippen LogP contribution in [0.25, 0.3) is 53.5 Å². The van der Waals surface area contributed by atoms with Gasteiger partial charge in [0.1, 0.15) is 6.33 Å². The summed E-state index contributed by atoms with van der Waals surface area (Å²) in [5, 5.41) is 14.8. The van der Waals surface area contributed by atoms with Crippen molar-refractivity contribution in [3.05, 3.63) is 108 Å². The maximum absolute atomic E-state index is 11.7. The molecule has 2 aromatic heterocycles. The largest absolute Gasteiger partial charge is 0.512 e. The zero-order chi connectivity index (χ0) is 39.4. The van der Waals surface area contributed by atoms with E-state index in [0.717, 1.165) is 60.0 Å². The second-order valence-corrected chi connectivity index (χ2v) is 18.1. The minimum absolute atomic E-state index is 0. The van der Waals surface area contributed by atoms with Gasteiger partial charge >= 0.3 is 0 Å². The SMILES string of the molecule is CCC(CC)C(=O)/C=C(\O)C(CC)CC.Cc1cc2c(cc1-c1cc(-c3[c-]c4ccccc4c(C(C)(C)C)c3)ncn1)sc1cc(CC(C)(C)C)ccc12.[Ir]. The topological polar surface area (TPSA) is 63.1 Å². The first-order valence-corrected chi connectivity index (χ1v) is 20.6. The second kappa shape index (κ2) is 18.5. The molecule has 55 heavy (non-hydrogen) atoms. The van der Waals surface area contributed by atoms with Gasteiger partial charge < -0.3 is 5.11 Å². The number of fused-ring (bicyclic) bond motifs is 4. The van der Waals surface area contributed by atoms with Crippen molar-refractivity contribution in [2.24, 2.45) is 17.3 Å². The third kappa shape index (κ3) is 10.6. The Kier molecular flexibility index (Phi) is 14.8. The molecule has 0 saturated heterocycles.